The van der Waals surface area contributed by atoms with E-state index in [9.17, 15) is 18.0 Å². The molecule has 0 aliphatic carbocycles. The Labute approximate surface area is 168 Å². The number of nitrogens with one attached hydrogen (secondary N) is 1. The number of nitrogens with zero attached hydrogens (tertiary/aromatic N) is 3. The fourth-order valence-corrected chi connectivity index (χ4v) is 3.32. The van der Waals surface area contributed by atoms with E-state index in [1.165, 1.54) is 10.6 Å². The van der Waals surface area contributed by atoms with E-state index in [2.05, 4.69) is 9.97 Å². The molecule has 150 valence electrons. The number of pyridine rings is 1. The van der Waals surface area contributed by atoms with Gasteiger partial charge in [-0.3, -0.25) is 14.3 Å². The number of carbonyl (C=O) groups excluding carboxylic acids is 1. The summed E-state index contributed by atoms with van der Waals surface area (Å²) in [5, 5.41) is 0. The summed E-state index contributed by atoms with van der Waals surface area (Å²) in [6.07, 6.45) is 6.33. The van der Waals surface area contributed by atoms with E-state index in [0.717, 1.165) is 22.9 Å². The van der Waals surface area contributed by atoms with Crippen LogP contribution in [0.1, 0.15) is 12.8 Å². The summed E-state index contributed by atoms with van der Waals surface area (Å²) in [5.74, 6) is 0.0500. The van der Waals surface area contributed by atoms with Crippen LogP contribution in [0.3, 0.4) is 0 Å². The Morgan fingerprint density at radius 1 is 1.03 bits per heavy atom. The summed E-state index contributed by atoms with van der Waals surface area (Å²) in [5.41, 5.74) is 2.36. The van der Waals surface area contributed by atoms with Gasteiger partial charge < -0.3 is 4.57 Å². The molecule has 29 heavy (non-hydrogen) atoms. The van der Waals surface area contributed by atoms with Gasteiger partial charge in [-0.05, 0) is 29.7 Å². The van der Waals surface area contributed by atoms with Crippen molar-refractivity contribution < 1.29 is 13.2 Å². The Morgan fingerprint density at radius 2 is 1.69 bits per heavy atom. The van der Waals surface area contributed by atoms with Gasteiger partial charge in [0.15, 0.2) is 5.82 Å². The van der Waals surface area contributed by atoms with Crippen molar-refractivity contribution in [1.29, 1.82) is 0 Å². The molecule has 0 aliphatic heterocycles. The summed E-state index contributed by atoms with van der Waals surface area (Å²) in [7, 11) is -3.56. The normalized spacial score (nSPS) is 11.2. The standard InChI is InChI=1S/C20H20N4O4S/c1-29(27,28)23-18(25)4-2-12-24-13-9-17(14-19(24)26)15-5-7-16(8-6-15)20-21-10-3-11-22-20/h3,5-11,13-14H,2,4,12H2,1H3,(H,23,25). The average molecular weight is 412 g/mol. The Hall–Kier alpha value is -3.33. The van der Waals surface area contributed by atoms with E-state index in [4.69, 9.17) is 0 Å². The van der Waals surface area contributed by atoms with Crippen LogP contribution in [-0.4, -0.2) is 35.1 Å². The molecule has 0 atom stereocenters. The van der Waals surface area contributed by atoms with Crippen LogP contribution in [0.15, 0.2) is 65.8 Å². The average Bonchev–Trinajstić information content (AvgIpc) is 2.69. The van der Waals surface area contributed by atoms with Crippen LogP contribution in [-0.2, 0) is 21.4 Å². The van der Waals surface area contributed by atoms with Crippen LogP contribution in [0.5, 0.6) is 0 Å². The number of sulfonamides is 1. The van der Waals surface area contributed by atoms with Crippen molar-refractivity contribution in [2.24, 2.45) is 0 Å². The van der Waals surface area contributed by atoms with E-state index >= 15 is 0 Å². The first kappa shape index (κ1) is 20.4. The maximum Gasteiger partial charge on any atom is 0.251 e. The predicted molar refractivity (Wildman–Crippen MR) is 109 cm³/mol. The van der Waals surface area contributed by atoms with Gasteiger partial charge in [-0.2, -0.15) is 0 Å². The van der Waals surface area contributed by atoms with Crippen LogP contribution in [0.2, 0.25) is 0 Å². The molecule has 2 heterocycles. The van der Waals surface area contributed by atoms with Gasteiger partial charge in [-0.25, -0.2) is 18.4 Å². The minimum atomic E-state index is -3.56. The summed E-state index contributed by atoms with van der Waals surface area (Å²) in [6, 6.07) is 12.7. The number of hydrogen-bond donors (Lipinski definition) is 1. The van der Waals surface area contributed by atoms with Gasteiger partial charge in [0.2, 0.25) is 15.9 Å². The van der Waals surface area contributed by atoms with Crippen LogP contribution in [0, 0.1) is 0 Å². The second-order valence-corrected chi connectivity index (χ2v) is 8.25. The lowest BCUT2D eigenvalue weighted by molar-refractivity contribution is -0.119. The zero-order chi connectivity index (χ0) is 20.9. The first-order chi connectivity index (χ1) is 13.8. The molecule has 3 aromatic rings. The molecule has 0 unspecified atom stereocenters. The number of amides is 1. The molecule has 3 rings (SSSR count). The third-order valence-corrected chi connectivity index (χ3v) is 4.74. The fraction of sp³-hybridized carbons (Fsp3) is 0.200. The zero-order valence-corrected chi connectivity index (χ0v) is 16.6. The third kappa shape index (κ3) is 5.82. The first-order valence-corrected chi connectivity index (χ1v) is 10.8. The highest BCUT2D eigenvalue weighted by Crippen LogP contribution is 2.21. The lowest BCUT2D eigenvalue weighted by Crippen LogP contribution is -2.29. The number of aromatic nitrogens is 3. The molecule has 0 aliphatic rings. The van der Waals surface area contributed by atoms with Crippen LogP contribution < -0.4 is 10.3 Å². The van der Waals surface area contributed by atoms with E-state index in [1.807, 2.05) is 35.1 Å². The molecule has 1 amide bonds. The highest BCUT2D eigenvalue weighted by molar-refractivity contribution is 7.89. The summed E-state index contributed by atoms with van der Waals surface area (Å²) < 4.78 is 25.4. The number of rotatable bonds is 7. The molecule has 0 radical (unpaired) electrons. The highest BCUT2D eigenvalue weighted by Gasteiger charge is 2.09. The topological polar surface area (TPSA) is 111 Å². The van der Waals surface area contributed by atoms with Crippen LogP contribution in [0.4, 0.5) is 0 Å². The monoisotopic (exact) mass is 412 g/mol. The van der Waals surface area contributed by atoms with Crippen molar-refractivity contribution in [2.75, 3.05) is 6.26 Å². The number of carbonyl (C=O) groups is 1. The Kier molecular flexibility index (Phi) is 6.18. The number of hydrogen-bond acceptors (Lipinski definition) is 6. The molecule has 9 heteroatoms. The van der Waals surface area contributed by atoms with E-state index in [-0.39, 0.29) is 12.0 Å². The van der Waals surface area contributed by atoms with E-state index in [0.29, 0.717) is 18.8 Å². The second kappa shape index (κ2) is 8.78. The van der Waals surface area contributed by atoms with E-state index in [1.54, 1.807) is 24.7 Å². The summed E-state index contributed by atoms with van der Waals surface area (Å²) in [6.45, 7) is 0.320. The molecule has 1 N–H and O–H groups in total. The zero-order valence-electron chi connectivity index (χ0n) is 15.8. The second-order valence-electron chi connectivity index (χ2n) is 6.50. The molecule has 0 fully saturated rings. The minimum absolute atomic E-state index is 0.0181. The molecule has 8 nitrogen and oxygen atoms in total. The number of aryl methyl sites for hydroxylation is 1. The molecule has 0 saturated heterocycles. The predicted octanol–water partition coefficient (Wildman–Crippen LogP) is 1.83. The highest BCUT2D eigenvalue weighted by atomic mass is 32.2. The van der Waals surface area contributed by atoms with Gasteiger partial charge in [0.05, 0.1) is 6.26 Å². The Morgan fingerprint density at radius 3 is 2.31 bits per heavy atom. The maximum atomic E-state index is 12.4. The molecule has 0 saturated carbocycles. The van der Waals surface area contributed by atoms with Crippen molar-refractivity contribution in [3.05, 3.63) is 71.4 Å². The van der Waals surface area contributed by atoms with Crippen molar-refractivity contribution in [3.8, 4) is 22.5 Å². The number of benzene rings is 1. The van der Waals surface area contributed by atoms with Crippen molar-refractivity contribution in [3.63, 3.8) is 0 Å². The van der Waals surface area contributed by atoms with Crippen LogP contribution >= 0.6 is 0 Å². The third-order valence-electron chi connectivity index (χ3n) is 4.14. The maximum absolute atomic E-state index is 12.4. The van der Waals surface area contributed by atoms with Gasteiger partial charge in [0.1, 0.15) is 0 Å². The van der Waals surface area contributed by atoms with Crippen molar-refractivity contribution in [2.45, 2.75) is 19.4 Å². The Balaban J connectivity index is 1.65. The molecule has 1 aromatic carbocycles. The van der Waals surface area contributed by atoms with Crippen LogP contribution in [0.25, 0.3) is 22.5 Å². The molecular formula is C20H20N4O4S. The van der Waals surface area contributed by atoms with Crippen molar-refractivity contribution in [1.82, 2.24) is 19.3 Å². The lowest BCUT2D eigenvalue weighted by atomic mass is 10.0. The quantitative estimate of drug-likeness (QED) is 0.634. The lowest BCUT2D eigenvalue weighted by Gasteiger charge is -2.08. The van der Waals surface area contributed by atoms with Gasteiger partial charge in [-0.15, -0.1) is 0 Å². The molecule has 0 spiro atoms. The largest absolute Gasteiger partial charge is 0.315 e. The van der Waals surface area contributed by atoms with Crippen molar-refractivity contribution >= 4 is 15.9 Å². The van der Waals surface area contributed by atoms with Gasteiger partial charge in [0, 0.05) is 43.2 Å². The SMILES string of the molecule is CS(=O)(=O)NC(=O)CCCn1ccc(-c2ccc(-c3ncccn3)cc2)cc1=O. The van der Waals surface area contributed by atoms with Gasteiger partial charge >= 0.3 is 0 Å². The molecule has 2 aromatic heterocycles. The smallest absolute Gasteiger partial charge is 0.251 e. The fourth-order valence-electron chi connectivity index (χ4n) is 2.80. The molecular weight excluding hydrogens is 392 g/mol. The first-order valence-electron chi connectivity index (χ1n) is 8.91. The summed E-state index contributed by atoms with van der Waals surface area (Å²) >= 11 is 0. The summed E-state index contributed by atoms with van der Waals surface area (Å²) in [4.78, 5) is 32.3. The van der Waals surface area contributed by atoms with Gasteiger partial charge in [0.25, 0.3) is 5.56 Å². The Bertz CT molecular complexity index is 1160. The minimum Gasteiger partial charge on any atom is -0.315 e. The van der Waals surface area contributed by atoms with E-state index < -0.39 is 15.9 Å². The molecule has 0 bridgehead atoms. The van der Waals surface area contributed by atoms with Gasteiger partial charge in [-0.1, -0.05) is 24.3 Å².